The summed E-state index contributed by atoms with van der Waals surface area (Å²) in [5, 5.41) is 5.13. The van der Waals surface area contributed by atoms with Crippen LogP contribution in [0.1, 0.15) is 28.1 Å². The highest BCUT2D eigenvalue weighted by atomic mass is 19.4. The van der Waals surface area contributed by atoms with E-state index in [1.165, 1.54) is 30.5 Å². The number of nitrogens with one attached hydrogen (secondary N) is 2. The SMILES string of the molecule is O=C(Nc1cccc(C(F)(F)F)c1)c1cccc(NC(=O)[C@@H]2CC(=O)N(Cc3ccco3)C2)c1. The molecule has 3 amide bonds. The van der Waals surface area contributed by atoms with Gasteiger partial charge in [-0.25, -0.2) is 0 Å². The number of likely N-dealkylation sites (tertiary alicyclic amines) is 1. The van der Waals surface area contributed by atoms with Crippen molar-refractivity contribution in [2.24, 2.45) is 5.92 Å². The van der Waals surface area contributed by atoms with Crippen LogP contribution < -0.4 is 10.6 Å². The van der Waals surface area contributed by atoms with E-state index in [1.807, 2.05) is 0 Å². The molecule has 4 rings (SSSR count). The van der Waals surface area contributed by atoms with Gasteiger partial charge in [0.05, 0.1) is 24.3 Å². The van der Waals surface area contributed by atoms with Gasteiger partial charge in [0.2, 0.25) is 11.8 Å². The van der Waals surface area contributed by atoms with E-state index in [9.17, 15) is 27.6 Å². The fourth-order valence-electron chi connectivity index (χ4n) is 3.65. The van der Waals surface area contributed by atoms with Crippen LogP contribution in [0.2, 0.25) is 0 Å². The number of carbonyl (C=O) groups is 3. The molecule has 10 heteroatoms. The van der Waals surface area contributed by atoms with Gasteiger partial charge in [0, 0.05) is 29.9 Å². The van der Waals surface area contributed by atoms with E-state index >= 15 is 0 Å². The topological polar surface area (TPSA) is 91.7 Å². The zero-order chi connectivity index (χ0) is 24.3. The third-order valence-electron chi connectivity index (χ3n) is 5.35. The second-order valence-electron chi connectivity index (χ2n) is 7.86. The Hall–Kier alpha value is -4.08. The lowest BCUT2D eigenvalue weighted by atomic mass is 10.1. The second-order valence-corrected chi connectivity index (χ2v) is 7.86. The summed E-state index contributed by atoms with van der Waals surface area (Å²) in [5.74, 6) is -1.11. The minimum Gasteiger partial charge on any atom is -0.467 e. The molecule has 1 fully saturated rings. The van der Waals surface area contributed by atoms with Crippen molar-refractivity contribution in [3.63, 3.8) is 0 Å². The first kappa shape index (κ1) is 23.1. The number of anilines is 2. The molecule has 1 aliphatic rings. The summed E-state index contributed by atoms with van der Waals surface area (Å²) in [4.78, 5) is 39.0. The van der Waals surface area contributed by atoms with Gasteiger partial charge in [-0.1, -0.05) is 12.1 Å². The Labute approximate surface area is 192 Å². The fraction of sp³-hybridized carbons (Fsp3) is 0.208. The maximum atomic E-state index is 12.9. The molecule has 0 spiro atoms. The summed E-state index contributed by atoms with van der Waals surface area (Å²) < 4.78 is 43.9. The van der Waals surface area contributed by atoms with Crippen LogP contribution in [0.15, 0.2) is 71.3 Å². The van der Waals surface area contributed by atoms with Crippen LogP contribution in [0.25, 0.3) is 0 Å². The Bertz CT molecular complexity index is 1210. The number of nitrogens with zero attached hydrogens (tertiary/aromatic N) is 1. The molecule has 0 saturated carbocycles. The van der Waals surface area contributed by atoms with Gasteiger partial charge in [-0.15, -0.1) is 0 Å². The van der Waals surface area contributed by atoms with E-state index in [4.69, 9.17) is 4.42 Å². The van der Waals surface area contributed by atoms with Gasteiger partial charge >= 0.3 is 6.18 Å². The first-order chi connectivity index (χ1) is 16.2. The molecule has 2 aromatic carbocycles. The Morgan fingerprint density at radius 1 is 1.00 bits per heavy atom. The molecule has 1 aliphatic heterocycles. The largest absolute Gasteiger partial charge is 0.467 e. The summed E-state index contributed by atoms with van der Waals surface area (Å²) in [7, 11) is 0. The quantitative estimate of drug-likeness (QED) is 0.552. The standard InChI is InChI=1S/C24H20F3N3O4/c25-24(26,27)17-5-2-7-19(12-17)29-22(32)15-4-1-6-18(10-15)28-23(33)16-11-21(31)30(13-16)14-20-8-3-9-34-20/h1-10,12,16H,11,13-14H2,(H,28,33)(H,29,32)/t16-/m1/s1. The maximum Gasteiger partial charge on any atom is 0.416 e. The summed E-state index contributed by atoms with van der Waals surface area (Å²) in [6.45, 7) is 0.516. The number of alkyl halides is 3. The zero-order valence-electron chi connectivity index (χ0n) is 17.8. The third kappa shape index (κ3) is 5.45. The molecule has 176 valence electrons. The normalized spacial score (nSPS) is 15.9. The summed E-state index contributed by atoms with van der Waals surface area (Å²) in [6.07, 6.45) is -2.96. The molecule has 3 aromatic rings. The van der Waals surface area contributed by atoms with Crippen molar-refractivity contribution in [2.75, 3.05) is 17.2 Å². The number of halogens is 3. The molecule has 0 aliphatic carbocycles. The Kier molecular flexibility index (Phi) is 6.40. The highest BCUT2D eigenvalue weighted by Crippen LogP contribution is 2.31. The van der Waals surface area contributed by atoms with E-state index in [2.05, 4.69) is 10.6 Å². The molecule has 0 unspecified atom stereocenters. The van der Waals surface area contributed by atoms with Crippen LogP contribution in [-0.4, -0.2) is 29.2 Å². The van der Waals surface area contributed by atoms with Gasteiger partial charge in [-0.05, 0) is 48.5 Å². The van der Waals surface area contributed by atoms with Crippen molar-refractivity contribution in [2.45, 2.75) is 19.1 Å². The number of hydrogen-bond donors (Lipinski definition) is 2. The molecule has 0 radical (unpaired) electrons. The van der Waals surface area contributed by atoms with E-state index in [-0.39, 0.29) is 42.6 Å². The third-order valence-corrected chi connectivity index (χ3v) is 5.35. The van der Waals surface area contributed by atoms with Crippen molar-refractivity contribution >= 4 is 29.1 Å². The van der Waals surface area contributed by atoms with Crippen LogP contribution in [0.3, 0.4) is 0 Å². The summed E-state index contributed by atoms with van der Waals surface area (Å²) in [6, 6.07) is 13.8. The van der Waals surface area contributed by atoms with Crippen molar-refractivity contribution in [1.82, 2.24) is 4.90 Å². The molecule has 1 saturated heterocycles. The van der Waals surface area contributed by atoms with Crippen molar-refractivity contribution < 1.29 is 32.0 Å². The lowest BCUT2D eigenvalue weighted by Gasteiger charge is -2.15. The fourth-order valence-corrected chi connectivity index (χ4v) is 3.65. The minimum atomic E-state index is -4.53. The first-order valence-corrected chi connectivity index (χ1v) is 10.4. The highest BCUT2D eigenvalue weighted by Gasteiger charge is 2.35. The summed E-state index contributed by atoms with van der Waals surface area (Å²) >= 11 is 0. The number of furan rings is 1. The van der Waals surface area contributed by atoms with Gasteiger partial charge in [0.1, 0.15) is 5.76 Å². The number of hydrogen-bond acceptors (Lipinski definition) is 4. The molecular formula is C24H20F3N3O4. The lowest BCUT2D eigenvalue weighted by molar-refractivity contribution is -0.137. The number of benzene rings is 2. The van der Waals surface area contributed by atoms with Crippen molar-refractivity contribution in [3.8, 4) is 0 Å². The smallest absolute Gasteiger partial charge is 0.416 e. The van der Waals surface area contributed by atoms with Crippen LogP contribution >= 0.6 is 0 Å². The molecular weight excluding hydrogens is 451 g/mol. The van der Waals surface area contributed by atoms with Gasteiger partial charge < -0.3 is 20.0 Å². The lowest BCUT2D eigenvalue weighted by Crippen LogP contribution is -2.28. The number of amides is 3. The predicted octanol–water partition coefficient (Wildman–Crippen LogP) is 4.54. The Balaban J connectivity index is 1.38. The van der Waals surface area contributed by atoms with E-state index in [1.54, 1.807) is 29.2 Å². The summed E-state index contributed by atoms with van der Waals surface area (Å²) in [5.41, 5.74) is -0.398. The van der Waals surface area contributed by atoms with Crippen LogP contribution in [0.4, 0.5) is 24.5 Å². The molecule has 7 nitrogen and oxygen atoms in total. The average Bonchev–Trinajstić information content (AvgIpc) is 3.44. The number of rotatable bonds is 6. The zero-order valence-corrected chi connectivity index (χ0v) is 17.8. The Morgan fingerprint density at radius 2 is 1.74 bits per heavy atom. The van der Waals surface area contributed by atoms with Crippen LogP contribution in [0.5, 0.6) is 0 Å². The molecule has 1 aromatic heterocycles. The maximum absolute atomic E-state index is 12.9. The average molecular weight is 471 g/mol. The van der Waals surface area contributed by atoms with E-state index in [0.717, 1.165) is 12.1 Å². The van der Waals surface area contributed by atoms with Gasteiger partial charge in [0.15, 0.2) is 0 Å². The van der Waals surface area contributed by atoms with Crippen molar-refractivity contribution in [3.05, 3.63) is 83.8 Å². The molecule has 34 heavy (non-hydrogen) atoms. The molecule has 1 atom stereocenters. The second kappa shape index (κ2) is 9.42. The van der Waals surface area contributed by atoms with Crippen LogP contribution in [0, 0.1) is 5.92 Å². The van der Waals surface area contributed by atoms with E-state index < -0.39 is 23.6 Å². The molecule has 2 heterocycles. The minimum absolute atomic E-state index is 0.00428. The van der Waals surface area contributed by atoms with Crippen LogP contribution in [-0.2, 0) is 22.3 Å². The highest BCUT2D eigenvalue weighted by molar-refractivity contribution is 6.05. The molecule has 2 N–H and O–H groups in total. The Morgan fingerprint density at radius 3 is 2.44 bits per heavy atom. The van der Waals surface area contributed by atoms with Gasteiger partial charge in [-0.2, -0.15) is 13.2 Å². The number of carbonyl (C=O) groups excluding carboxylic acids is 3. The monoisotopic (exact) mass is 471 g/mol. The first-order valence-electron chi connectivity index (χ1n) is 10.4. The van der Waals surface area contributed by atoms with Crippen molar-refractivity contribution in [1.29, 1.82) is 0 Å². The van der Waals surface area contributed by atoms with Gasteiger partial charge in [0.25, 0.3) is 5.91 Å². The van der Waals surface area contributed by atoms with E-state index in [0.29, 0.717) is 11.4 Å². The van der Waals surface area contributed by atoms with Gasteiger partial charge in [-0.3, -0.25) is 14.4 Å². The predicted molar refractivity (Wildman–Crippen MR) is 117 cm³/mol. The molecule has 0 bridgehead atoms.